The minimum Gasteiger partial charge on any atom is -0.379 e. The Morgan fingerprint density at radius 3 is 2.00 bits per heavy atom. The second kappa shape index (κ2) is 10.6. The summed E-state index contributed by atoms with van der Waals surface area (Å²) in [6.07, 6.45) is 3.64. The number of rotatable bonds is 12. The van der Waals surface area contributed by atoms with E-state index in [1.165, 1.54) is 12.8 Å². The fourth-order valence-electron chi connectivity index (χ4n) is 1.74. The second-order valence-corrected chi connectivity index (χ2v) is 7.41. The van der Waals surface area contributed by atoms with Gasteiger partial charge in [0.15, 0.2) is 0 Å². The molecule has 0 aliphatic heterocycles. The molecule has 0 atom stereocenters. The fraction of sp³-hybridized carbons (Fsp3) is 1.00. The Balaban J connectivity index is 3.10. The molecule has 3 N–H and O–H groups in total. The largest absolute Gasteiger partial charge is 0.379 e. The smallest absolute Gasteiger partial charge is 0.0701 e. The van der Waals surface area contributed by atoms with Crippen LogP contribution in [0.4, 0.5) is 0 Å². The molecule has 0 unspecified atom stereocenters. The zero-order valence-corrected chi connectivity index (χ0v) is 14.3. The molecule has 0 saturated carbocycles. The van der Waals surface area contributed by atoms with E-state index < -0.39 is 0 Å². The first-order chi connectivity index (χ1) is 9.21. The van der Waals surface area contributed by atoms with Crippen LogP contribution in [-0.2, 0) is 9.47 Å². The molecule has 0 aromatic heterocycles. The number of hydrogen-bond acceptors (Lipinski definition) is 4. The summed E-state index contributed by atoms with van der Waals surface area (Å²) < 4.78 is 11.0. The first-order valence-electron chi connectivity index (χ1n) is 7.86. The predicted molar refractivity (Wildman–Crippen MR) is 86.1 cm³/mol. The molecule has 0 saturated heterocycles. The number of ether oxygens (including phenoxy) is 2. The van der Waals surface area contributed by atoms with Crippen LogP contribution >= 0.6 is 0 Å². The quantitative estimate of drug-likeness (QED) is 0.542. The number of nitrogens with two attached hydrogens (primary N) is 1. The van der Waals surface area contributed by atoms with Crippen molar-refractivity contribution in [2.45, 2.75) is 59.4 Å². The third-order valence-electron chi connectivity index (χ3n) is 2.84. The molecule has 0 aromatic carbocycles. The Bertz CT molecular complexity index is 195. The molecule has 0 heterocycles. The number of unbranched alkanes of at least 4 members (excludes halogenated alkanes) is 1. The molecule has 4 nitrogen and oxygen atoms in total. The van der Waals surface area contributed by atoms with Crippen LogP contribution in [0.15, 0.2) is 0 Å². The molecule has 0 radical (unpaired) electrons. The molecule has 0 aromatic rings. The minimum atomic E-state index is -0.157. The lowest BCUT2D eigenvalue weighted by atomic mass is 9.90. The molecule has 0 bridgehead atoms. The lowest BCUT2D eigenvalue weighted by Crippen LogP contribution is -2.43. The van der Waals surface area contributed by atoms with Crippen molar-refractivity contribution in [2.75, 3.05) is 39.5 Å². The van der Waals surface area contributed by atoms with E-state index in [1.807, 2.05) is 13.8 Å². The first-order valence-corrected chi connectivity index (χ1v) is 7.86. The lowest BCUT2D eigenvalue weighted by Gasteiger charge is -2.18. The normalized spacial score (nSPS) is 12.9. The van der Waals surface area contributed by atoms with Crippen LogP contribution in [0.5, 0.6) is 0 Å². The molecule has 4 heteroatoms. The highest BCUT2D eigenvalue weighted by molar-refractivity contribution is 4.74. The van der Waals surface area contributed by atoms with Gasteiger partial charge in [-0.3, -0.25) is 0 Å². The number of hydrogen-bond donors (Lipinski definition) is 2. The predicted octanol–water partition coefficient (Wildman–Crippen LogP) is 2.56. The zero-order chi connectivity index (χ0) is 15.5. The summed E-state index contributed by atoms with van der Waals surface area (Å²) in [4.78, 5) is 0. The Labute approximate surface area is 125 Å². The topological polar surface area (TPSA) is 56.5 Å². The van der Waals surface area contributed by atoms with Crippen molar-refractivity contribution < 1.29 is 9.47 Å². The minimum absolute atomic E-state index is 0.157. The first kappa shape index (κ1) is 19.8. The molecular formula is C16H36N2O2. The van der Waals surface area contributed by atoms with Gasteiger partial charge in [-0.1, -0.05) is 27.2 Å². The third-order valence-corrected chi connectivity index (χ3v) is 2.84. The van der Waals surface area contributed by atoms with Crippen LogP contribution in [0.3, 0.4) is 0 Å². The van der Waals surface area contributed by atoms with Gasteiger partial charge < -0.3 is 20.5 Å². The van der Waals surface area contributed by atoms with Gasteiger partial charge in [0.25, 0.3) is 0 Å². The summed E-state index contributed by atoms with van der Waals surface area (Å²) in [7, 11) is 0. The van der Waals surface area contributed by atoms with E-state index in [1.54, 1.807) is 0 Å². The van der Waals surface area contributed by atoms with E-state index >= 15 is 0 Å². The van der Waals surface area contributed by atoms with Crippen molar-refractivity contribution in [3.63, 3.8) is 0 Å². The average Bonchev–Trinajstić information content (AvgIpc) is 2.27. The standard InChI is InChI=1S/C16H36N2O2/c1-15(2,3)8-6-7-10-19-12-13-20-11-9-18-14-16(4,5)17/h18H,6-14,17H2,1-5H3. The Morgan fingerprint density at radius 2 is 1.45 bits per heavy atom. The molecule has 0 rings (SSSR count). The SMILES string of the molecule is CC(C)(C)CCCCOCCOCCNCC(C)(C)N. The Kier molecular flexibility index (Phi) is 10.5. The molecule has 0 aliphatic rings. The summed E-state index contributed by atoms with van der Waals surface area (Å²) >= 11 is 0. The summed E-state index contributed by atoms with van der Waals surface area (Å²) in [6.45, 7) is 15.4. The average molecular weight is 288 g/mol. The molecule has 0 aliphatic carbocycles. The summed E-state index contributed by atoms with van der Waals surface area (Å²) in [5, 5.41) is 3.27. The molecule has 20 heavy (non-hydrogen) atoms. The molecular weight excluding hydrogens is 252 g/mol. The van der Waals surface area contributed by atoms with Gasteiger partial charge in [-0.2, -0.15) is 0 Å². The van der Waals surface area contributed by atoms with E-state index in [0.717, 1.165) is 26.1 Å². The van der Waals surface area contributed by atoms with Gasteiger partial charge in [0, 0.05) is 25.2 Å². The lowest BCUT2D eigenvalue weighted by molar-refractivity contribution is 0.0466. The van der Waals surface area contributed by atoms with E-state index in [0.29, 0.717) is 25.2 Å². The van der Waals surface area contributed by atoms with E-state index in [-0.39, 0.29) is 5.54 Å². The van der Waals surface area contributed by atoms with Crippen LogP contribution in [0.1, 0.15) is 53.9 Å². The summed E-state index contributed by atoms with van der Waals surface area (Å²) in [5.41, 5.74) is 6.14. The van der Waals surface area contributed by atoms with Crippen molar-refractivity contribution in [1.29, 1.82) is 0 Å². The molecule has 0 amide bonds. The van der Waals surface area contributed by atoms with Crippen LogP contribution < -0.4 is 11.1 Å². The van der Waals surface area contributed by atoms with Crippen LogP contribution in [0.2, 0.25) is 0 Å². The van der Waals surface area contributed by atoms with Crippen molar-refractivity contribution in [2.24, 2.45) is 11.1 Å². The highest BCUT2D eigenvalue weighted by atomic mass is 16.5. The van der Waals surface area contributed by atoms with Gasteiger partial charge in [-0.05, 0) is 32.1 Å². The van der Waals surface area contributed by atoms with Crippen molar-refractivity contribution in [3.8, 4) is 0 Å². The van der Waals surface area contributed by atoms with Gasteiger partial charge >= 0.3 is 0 Å². The van der Waals surface area contributed by atoms with Gasteiger partial charge in [-0.15, -0.1) is 0 Å². The van der Waals surface area contributed by atoms with Crippen molar-refractivity contribution in [1.82, 2.24) is 5.32 Å². The van der Waals surface area contributed by atoms with E-state index in [4.69, 9.17) is 15.2 Å². The molecule has 0 spiro atoms. The highest BCUT2D eigenvalue weighted by Crippen LogP contribution is 2.21. The molecule has 122 valence electrons. The Morgan fingerprint density at radius 1 is 0.850 bits per heavy atom. The summed E-state index contributed by atoms with van der Waals surface area (Å²) in [5.74, 6) is 0. The maximum atomic E-state index is 5.86. The van der Waals surface area contributed by atoms with Crippen LogP contribution in [0.25, 0.3) is 0 Å². The second-order valence-electron chi connectivity index (χ2n) is 7.41. The highest BCUT2D eigenvalue weighted by Gasteiger charge is 2.09. The van der Waals surface area contributed by atoms with Crippen LogP contribution in [-0.4, -0.2) is 45.1 Å². The number of nitrogens with one attached hydrogen (secondary N) is 1. The van der Waals surface area contributed by atoms with E-state index in [9.17, 15) is 0 Å². The fourth-order valence-corrected chi connectivity index (χ4v) is 1.74. The maximum absolute atomic E-state index is 5.86. The van der Waals surface area contributed by atoms with E-state index in [2.05, 4.69) is 26.1 Å². The molecule has 0 fully saturated rings. The monoisotopic (exact) mass is 288 g/mol. The van der Waals surface area contributed by atoms with Gasteiger partial charge in [0.2, 0.25) is 0 Å². The third kappa shape index (κ3) is 17.8. The van der Waals surface area contributed by atoms with Gasteiger partial charge in [0.05, 0.1) is 19.8 Å². The maximum Gasteiger partial charge on any atom is 0.0701 e. The zero-order valence-electron chi connectivity index (χ0n) is 14.3. The van der Waals surface area contributed by atoms with Crippen LogP contribution in [0, 0.1) is 5.41 Å². The van der Waals surface area contributed by atoms with Crippen molar-refractivity contribution >= 4 is 0 Å². The van der Waals surface area contributed by atoms with Gasteiger partial charge in [0.1, 0.15) is 0 Å². The Hall–Kier alpha value is -0.160. The van der Waals surface area contributed by atoms with Gasteiger partial charge in [-0.25, -0.2) is 0 Å². The van der Waals surface area contributed by atoms with Crippen molar-refractivity contribution in [3.05, 3.63) is 0 Å². The summed E-state index contributed by atoms with van der Waals surface area (Å²) in [6, 6.07) is 0.